The highest BCUT2D eigenvalue weighted by Gasteiger charge is 2.21. The Kier molecular flexibility index (Phi) is 6.63. The maximum atomic E-state index is 12.1. The summed E-state index contributed by atoms with van der Waals surface area (Å²) in [6.07, 6.45) is 7.68. The summed E-state index contributed by atoms with van der Waals surface area (Å²) >= 11 is 0. The average molecular weight is 368 g/mol. The standard InChI is InChI=1S/C21H28N4O2/c1-3-4-11-23-20(26)17-5-7-18(8-6-17)27-21-19(22-12-13-24-21)25-14-9-16(2)10-15-25/h5-8,12-13,16H,3-4,9-11,14-15H2,1-2H3,(H,23,26). The van der Waals surface area contributed by atoms with E-state index in [1.807, 2.05) is 0 Å². The van der Waals surface area contributed by atoms with Crippen LogP contribution in [0.5, 0.6) is 11.6 Å². The number of anilines is 1. The van der Waals surface area contributed by atoms with Crippen LogP contribution in [-0.4, -0.2) is 35.5 Å². The van der Waals surface area contributed by atoms with Gasteiger partial charge in [-0.2, -0.15) is 0 Å². The first-order valence-electron chi connectivity index (χ1n) is 9.79. The third kappa shape index (κ3) is 5.18. The van der Waals surface area contributed by atoms with Gasteiger partial charge in [-0.05, 0) is 49.4 Å². The topological polar surface area (TPSA) is 67.3 Å². The van der Waals surface area contributed by atoms with Gasteiger partial charge in [0.25, 0.3) is 11.8 Å². The number of unbranched alkanes of at least 4 members (excludes halogenated alkanes) is 1. The Bertz CT molecular complexity index is 740. The number of hydrogen-bond acceptors (Lipinski definition) is 5. The lowest BCUT2D eigenvalue weighted by Gasteiger charge is -2.31. The molecule has 6 nitrogen and oxygen atoms in total. The summed E-state index contributed by atoms with van der Waals surface area (Å²) < 4.78 is 5.98. The lowest BCUT2D eigenvalue weighted by molar-refractivity contribution is 0.0953. The van der Waals surface area contributed by atoms with Gasteiger partial charge in [-0.25, -0.2) is 9.97 Å². The smallest absolute Gasteiger partial charge is 0.263 e. The number of carbonyl (C=O) groups excluding carboxylic acids is 1. The quantitative estimate of drug-likeness (QED) is 0.747. The van der Waals surface area contributed by atoms with E-state index >= 15 is 0 Å². The number of hydrogen-bond donors (Lipinski definition) is 1. The Morgan fingerprint density at radius 1 is 1.19 bits per heavy atom. The molecule has 27 heavy (non-hydrogen) atoms. The molecule has 1 N–H and O–H groups in total. The summed E-state index contributed by atoms with van der Waals surface area (Å²) in [5, 5.41) is 2.92. The highest BCUT2D eigenvalue weighted by Crippen LogP contribution is 2.30. The van der Waals surface area contributed by atoms with Gasteiger partial charge in [0.2, 0.25) is 0 Å². The van der Waals surface area contributed by atoms with Crippen molar-refractivity contribution in [2.24, 2.45) is 5.92 Å². The molecular formula is C21H28N4O2. The number of ether oxygens (including phenoxy) is 1. The maximum Gasteiger partial charge on any atom is 0.263 e. The van der Waals surface area contributed by atoms with Gasteiger partial charge in [0, 0.05) is 37.6 Å². The van der Waals surface area contributed by atoms with E-state index in [2.05, 4.69) is 34.0 Å². The summed E-state index contributed by atoms with van der Waals surface area (Å²) in [4.78, 5) is 23.2. The molecule has 0 saturated carbocycles. The molecule has 1 aromatic carbocycles. The van der Waals surface area contributed by atoms with Crippen LogP contribution in [-0.2, 0) is 0 Å². The first-order valence-corrected chi connectivity index (χ1v) is 9.79. The van der Waals surface area contributed by atoms with Gasteiger partial charge in [0.15, 0.2) is 5.82 Å². The number of rotatable bonds is 7. The van der Waals surface area contributed by atoms with E-state index in [1.54, 1.807) is 36.7 Å². The van der Waals surface area contributed by atoms with Gasteiger partial charge >= 0.3 is 0 Å². The summed E-state index contributed by atoms with van der Waals surface area (Å²) in [7, 11) is 0. The third-order valence-electron chi connectivity index (χ3n) is 4.88. The average Bonchev–Trinajstić information content (AvgIpc) is 2.70. The fourth-order valence-electron chi connectivity index (χ4n) is 3.09. The van der Waals surface area contributed by atoms with E-state index in [0.29, 0.717) is 23.7 Å². The molecule has 0 radical (unpaired) electrons. The summed E-state index contributed by atoms with van der Waals surface area (Å²) in [5.74, 6) is 2.63. The highest BCUT2D eigenvalue weighted by molar-refractivity contribution is 5.94. The molecule has 1 fully saturated rings. The predicted octanol–water partition coefficient (Wildman–Crippen LogP) is 4.04. The number of amides is 1. The SMILES string of the molecule is CCCCNC(=O)c1ccc(Oc2nccnc2N2CCC(C)CC2)cc1. The normalized spacial score (nSPS) is 14.8. The molecule has 1 amide bonds. The van der Waals surface area contributed by atoms with E-state index in [1.165, 1.54) is 0 Å². The van der Waals surface area contributed by atoms with Crippen molar-refractivity contribution in [2.45, 2.75) is 39.5 Å². The van der Waals surface area contributed by atoms with Gasteiger partial charge in [0.05, 0.1) is 0 Å². The number of nitrogens with zero attached hydrogens (tertiary/aromatic N) is 3. The van der Waals surface area contributed by atoms with Crippen molar-refractivity contribution >= 4 is 11.7 Å². The molecule has 6 heteroatoms. The van der Waals surface area contributed by atoms with E-state index in [9.17, 15) is 4.79 Å². The second kappa shape index (κ2) is 9.35. The van der Waals surface area contributed by atoms with Crippen LogP contribution in [0.1, 0.15) is 49.9 Å². The zero-order chi connectivity index (χ0) is 19.1. The van der Waals surface area contributed by atoms with Crippen molar-refractivity contribution in [3.8, 4) is 11.6 Å². The molecule has 2 heterocycles. The largest absolute Gasteiger partial charge is 0.436 e. The van der Waals surface area contributed by atoms with Crippen LogP contribution >= 0.6 is 0 Å². The second-order valence-electron chi connectivity index (χ2n) is 7.09. The fourth-order valence-corrected chi connectivity index (χ4v) is 3.09. The molecule has 1 saturated heterocycles. The van der Waals surface area contributed by atoms with E-state index < -0.39 is 0 Å². The first-order chi connectivity index (χ1) is 13.2. The number of aromatic nitrogens is 2. The summed E-state index contributed by atoms with van der Waals surface area (Å²) in [5.41, 5.74) is 0.628. The maximum absolute atomic E-state index is 12.1. The highest BCUT2D eigenvalue weighted by atomic mass is 16.5. The van der Waals surface area contributed by atoms with Crippen molar-refractivity contribution < 1.29 is 9.53 Å². The summed E-state index contributed by atoms with van der Waals surface area (Å²) in [6, 6.07) is 7.14. The van der Waals surface area contributed by atoms with E-state index in [-0.39, 0.29) is 5.91 Å². The molecule has 2 aromatic rings. The summed E-state index contributed by atoms with van der Waals surface area (Å²) in [6.45, 7) is 7.01. The minimum atomic E-state index is -0.0578. The molecule has 144 valence electrons. The molecule has 1 aromatic heterocycles. The Morgan fingerprint density at radius 3 is 2.59 bits per heavy atom. The zero-order valence-corrected chi connectivity index (χ0v) is 16.1. The van der Waals surface area contributed by atoms with Crippen molar-refractivity contribution in [1.82, 2.24) is 15.3 Å². The Morgan fingerprint density at radius 2 is 1.89 bits per heavy atom. The minimum absolute atomic E-state index is 0.0578. The van der Waals surface area contributed by atoms with Crippen LogP contribution in [0.2, 0.25) is 0 Å². The lowest BCUT2D eigenvalue weighted by atomic mass is 9.99. The lowest BCUT2D eigenvalue weighted by Crippen LogP contribution is -2.33. The monoisotopic (exact) mass is 368 g/mol. The van der Waals surface area contributed by atoms with E-state index in [0.717, 1.165) is 50.5 Å². The van der Waals surface area contributed by atoms with Crippen LogP contribution in [0.4, 0.5) is 5.82 Å². The molecule has 0 unspecified atom stereocenters. The zero-order valence-electron chi connectivity index (χ0n) is 16.1. The van der Waals surface area contributed by atoms with Crippen LogP contribution in [0, 0.1) is 5.92 Å². The Balaban J connectivity index is 1.66. The number of piperidine rings is 1. The number of carbonyl (C=O) groups is 1. The number of nitrogens with one attached hydrogen (secondary N) is 1. The molecule has 0 bridgehead atoms. The van der Waals surface area contributed by atoms with E-state index in [4.69, 9.17) is 4.74 Å². The van der Waals surface area contributed by atoms with Gasteiger partial charge in [-0.3, -0.25) is 4.79 Å². The minimum Gasteiger partial charge on any atom is -0.436 e. The van der Waals surface area contributed by atoms with Gasteiger partial charge in [0.1, 0.15) is 5.75 Å². The predicted molar refractivity (Wildman–Crippen MR) is 106 cm³/mol. The molecule has 3 rings (SSSR count). The van der Waals surface area contributed by atoms with Gasteiger partial charge in [-0.15, -0.1) is 0 Å². The van der Waals surface area contributed by atoms with Crippen molar-refractivity contribution in [2.75, 3.05) is 24.5 Å². The first kappa shape index (κ1) is 19.1. The third-order valence-corrected chi connectivity index (χ3v) is 4.88. The van der Waals surface area contributed by atoms with Crippen LogP contribution < -0.4 is 15.0 Å². The van der Waals surface area contributed by atoms with Crippen molar-refractivity contribution in [1.29, 1.82) is 0 Å². The molecule has 1 aliphatic rings. The number of benzene rings is 1. The molecular weight excluding hydrogens is 340 g/mol. The van der Waals surface area contributed by atoms with Crippen molar-refractivity contribution in [3.63, 3.8) is 0 Å². The molecule has 1 aliphatic heterocycles. The Hall–Kier alpha value is -2.63. The van der Waals surface area contributed by atoms with Crippen LogP contribution in [0.25, 0.3) is 0 Å². The Labute approximate surface area is 161 Å². The molecule has 0 spiro atoms. The van der Waals surface area contributed by atoms with Gasteiger partial charge in [-0.1, -0.05) is 20.3 Å². The second-order valence-corrected chi connectivity index (χ2v) is 7.09. The molecule has 0 aliphatic carbocycles. The van der Waals surface area contributed by atoms with Crippen molar-refractivity contribution in [3.05, 3.63) is 42.2 Å². The molecule has 0 atom stereocenters. The van der Waals surface area contributed by atoms with Crippen LogP contribution in [0.15, 0.2) is 36.7 Å². The van der Waals surface area contributed by atoms with Crippen LogP contribution in [0.3, 0.4) is 0 Å². The fraction of sp³-hybridized carbons (Fsp3) is 0.476. The van der Waals surface area contributed by atoms with Gasteiger partial charge < -0.3 is 15.0 Å².